The van der Waals surface area contributed by atoms with Crippen LogP contribution in [-0.4, -0.2) is 43.8 Å². The summed E-state index contributed by atoms with van der Waals surface area (Å²) in [4.78, 5) is 12.4. The lowest BCUT2D eigenvalue weighted by Crippen LogP contribution is -2.57. The SMILES string of the molecule is CCC(CC)(CNC(=O)C1COCCN1)NC(C)c1ccccc1.Cl.Cl. The molecule has 1 heterocycles. The third kappa shape index (κ3) is 7.05. The van der Waals surface area contributed by atoms with E-state index in [2.05, 4.69) is 61.0 Å². The van der Waals surface area contributed by atoms with Gasteiger partial charge >= 0.3 is 0 Å². The number of rotatable bonds is 8. The van der Waals surface area contributed by atoms with Crippen molar-refractivity contribution in [1.82, 2.24) is 16.0 Å². The van der Waals surface area contributed by atoms with Gasteiger partial charge in [-0.05, 0) is 25.3 Å². The number of amides is 1. The second kappa shape index (κ2) is 12.5. The quantitative estimate of drug-likeness (QED) is 0.621. The van der Waals surface area contributed by atoms with Crippen molar-refractivity contribution in [2.75, 3.05) is 26.3 Å². The molecular weight excluding hydrogens is 373 g/mol. The van der Waals surface area contributed by atoms with Crippen LogP contribution in [0.2, 0.25) is 0 Å². The van der Waals surface area contributed by atoms with Gasteiger partial charge in [0.2, 0.25) is 5.91 Å². The molecule has 5 nitrogen and oxygen atoms in total. The largest absolute Gasteiger partial charge is 0.378 e. The monoisotopic (exact) mass is 405 g/mol. The van der Waals surface area contributed by atoms with Crippen LogP contribution in [0.5, 0.6) is 0 Å². The van der Waals surface area contributed by atoms with E-state index in [0.29, 0.717) is 19.8 Å². The maximum atomic E-state index is 12.4. The van der Waals surface area contributed by atoms with E-state index in [9.17, 15) is 4.79 Å². The lowest BCUT2D eigenvalue weighted by Gasteiger charge is -2.37. The maximum Gasteiger partial charge on any atom is 0.239 e. The lowest BCUT2D eigenvalue weighted by atomic mass is 9.90. The number of nitrogens with one attached hydrogen (secondary N) is 3. The maximum absolute atomic E-state index is 12.4. The number of carbonyl (C=O) groups excluding carboxylic acids is 1. The molecule has 1 aliphatic heterocycles. The van der Waals surface area contributed by atoms with Gasteiger partial charge in [0.15, 0.2) is 0 Å². The summed E-state index contributed by atoms with van der Waals surface area (Å²) < 4.78 is 5.37. The standard InChI is InChI=1S/C19H31N3O2.2ClH/c1-4-19(5-2,22-15(3)16-9-7-6-8-10-16)14-21-18(23)17-13-24-12-11-20-17;;/h6-10,15,17,20,22H,4-5,11-14H2,1-3H3,(H,21,23);2*1H. The minimum Gasteiger partial charge on any atom is -0.378 e. The summed E-state index contributed by atoms with van der Waals surface area (Å²) >= 11 is 0. The van der Waals surface area contributed by atoms with E-state index in [1.54, 1.807) is 0 Å². The lowest BCUT2D eigenvalue weighted by molar-refractivity contribution is -0.126. The molecule has 7 heteroatoms. The Morgan fingerprint density at radius 1 is 1.27 bits per heavy atom. The summed E-state index contributed by atoms with van der Waals surface area (Å²) in [6, 6.07) is 10.4. The highest BCUT2D eigenvalue weighted by Crippen LogP contribution is 2.21. The van der Waals surface area contributed by atoms with E-state index < -0.39 is 0 Å². The Morgan fingerprint density at radius 3 is 2.46 bits per heavy atom. The van der Waals surface area contributed by atoms with E-state index in [0.717, 1.165) is 19.4 Å². The summed E-state index contributed by atoms with van der Waals surface area (Å²) in [6.07, 6.45) is 1.91. The number of hydrogen-bond acceptors (Lipinski definition) is 4. The Balaban J connectivity index is 0.00000312. The normalized spacial score (nSPS) is 18.2. The number of carbonyl (C=O) groups is 1. The molecule has 1 amide bonds. The minimum atomic E-state index is -0.239. The summed E-state index contributed by atoms with van der Waals surface area (Å²) in [6.45, 7) is 8.99. The van der Waals surface area contributed by atoms with Gasteiger partial charge in [0.1, 0.15) is 6.04 Å². The van der Waals surface area contributed by atoms with Crippen LogP contribution in [0.3, 0.4) is 0 Å². The van der Waals surface area contributed by atoms with Crippen molar-refractivity contribution in [1.29, 1.82) is 0 Å². The fourth-order valence-electron chi connectivity index (χ4n) is 3.15. The van der Waals surface area contributed by atoms with Crippen molar-refractivity contribution in [2.24, 2.45) is 0 Å². The number of hydrogen-bond donors (Lipinski definition) is 3. The third-order valence-corrected chi connectivity index (χ3v) is 5.01. The second-order valence-electron chi connectivity index (χ2n) is 6.56. The van der Waals surface area contributed by atoms with Crippen molar-refractivity contribution in [3.8, 4) is 0 Å². The topological polar surface area (TPSA) is 62.4 Å². The summed E-state index contributed by atoms with van der Waals surface area (Å²) in [5, 5.41) is 10.0. The summed E-state index contributed by atoms with van der Waals surface area (Å²) in [5.74, 6) is 0.0233. The Kier molecular flexibility index (Phi) is 12.1. The van der Waals surface area contributed by atoms with Crippen molar-refractivity contribution in [2.45, 2.75) is 51.2 Å². The highest BCUT2D eigenvalue weighted by Gasteiger charge is 2.30. The van der Waals surface area contributed by atoms with Crippen LogP contribution in [0.4, 0.5) is 0 Å². The zero-order valence-corrected chi connectivity index (χ0v) is 17.6. The highest BCUT2D eigenvalue weighted by atomic mass is 35.5. The van der Waals surface area contributed by atoms with Crippen molar-refractivity contribution in [3.63, 3.8) is 0 Å². The van der Waals surface area contributed by atoms with Gasteiger partial charge in [-0.1, -0.05) is 44.2 Å². The van der Waals surface area contributed by atoms with Gasteiger partial charge in [-0.2, -0.15) is 0 Å². The number of benzene rings is 1. The number of morpholine rings is 1. The highest BCUT2D eigenvalue weighted by molar-refractivity contribution is 5.85. The van der Waals surface area contributed by atoms with Crippen LogP contribution >= 0.6 is 24.8 Å². The van der Waals surface area contributed by atoms with Crippen LogP contribution in [-0.2, 0) is 9.53 Å². The molecule has 1 aromatic carbocycles. The molecule has 3 N–H and O–H groups in total. The molecule has 2 unspecified atom stereocenters. The van der Waals surface area contributed by atoms with Crippen molar-refractivity contribution in [3.05, 3.63) is 35.9 Å². The second-order valence-corrected chi connectivity index (χ2v) is 6.56. The summed E-state index contributed by atoms with van der Waals surface area (Å²) in [5.41, 5.74) is 1.15. The van der Waals surface area contributed by atoms with Gasteiger partial charge in [-0.25, -0.2) is 0 Å². The van der Waals surface area contributed by atoms with Crippen LogP contribution in [0.15, 0.2) is 30.3 Å². The van der Waals surface area contributed by atoms with Gasteiger partial charge in [-0.3, -0.25) is 4.79 Å². The number of halogens is 2. The molecule has 0 spiro atoms. The fourth-order valence-corrected chi connectivity index (χ4v) is 3.15. The fraction of sp³-hybridized carbons (Fsp3) is 0.632. The average molecular weight is 406 g/mol. The molecule has 1 saturated heterocycles. The predicted octanol–water partition coefficient (Wildman–Crippen LogP) is 2.84. The predicted molar refractivity (Wildman–Crippen MR) is 111 cm³/mol. The minimum absolute atomic E-state index is 0. The van der Waals surface area contributed by atoms with E-state index in [1.807, 2.05) is 6.07 Å². The molecule has 0 aromatic heterocycles. The smallest absolute Gasteiger partial charge is 0.239 e. The van der Waals surface area contributed by atoms with Gasteiger partial charge in [0.25, 0.3) is 0 Å². The molecule has 0 saturated carbocycles. The Hall–Kier alpha value is -0.850. The summed E-state index contributed by atoms with van der Waals surface area (Å²) in [7, 11) is 0. The van der Waals surface area contributed by atoms with E-state index in [4.69, 9.17) is 4.74 Å². The Labute approximate surface area is 169 Å². The molecule has 0 radical (unpaired) electrons. The molecular formula is C19H33Cl2N3O2. The molecule has 1 fully saturated rings. The molecule has 0 bridgehead atoms. The van der Waals surface area contributed by atoms with Gasteiger partial charge in [-0.15, -0.1) is 24.8 Å². The van der Waals surface area contributed by atoms with Gasteiger partial charge in [0.05, 0.1) is 13.2 Å². The average Bonchev–Trinajstić information content (AvgIpc) is 2.66. The zero-order chi connectivity index (χ0) is 17.4. The first kappa shape index (κ1) is 25.1. The Morgan fingerprint density at radius 2 is 1.92 bits per heavy atom. The number of ether oxygens (including phenoxy) is 1. The van der Waals surface area contributed by atoms with Crippen LogP contribution < -0.4 is 16.0 Å². The third-order valence-electron chi connectivity index (χ3n) is 5.01. The molecule has 26 heavy (non-hydrogen) atoms. The van der Waals surface area contributed by atoms with Crippen LogP contribution in [0.1, 0.15) is 45.2 Å². The molecule has 1 aliphatic rings. The molecule has 2 atom stereocenters. The van der Waals surface area contributed by atoms with E-state index >= 15 is 0 Å². The van der Waals surface area contributed by atoms with Crippen molar-refractivity contribution >= 4 is 30.7 Å². The van der Waals surface area contributed by atoms with E-state index in [1.165, 1.54) is 5.56 Å². The van der Waals surface area contributed by atoms with Crippen LogP contribution in [0, 0.1) is 0 Å². The molecule has 150 valence electrons. The van der Waals surface area contributed by atoms with Crippen LogP contribution in [0.25, 0.3) is 0 Å². The zero-order valence-electron chi connectivity index (χ0n) is 15.9. The molecule has 1 aromatic rings. The first-order valence-corrected chi connectivity index (χ1v) is 9.01. The first-order chi connectivity index (χ1) is 11.6. The molecule has 0 aliphatic carbocycles. The van der Waals surface area contributed by atoms with Crippen molar-refractivity contribution < 1.29 is 9.53 Å². The molecule has 2 rings (SSSR count). The Bertz CT molecular complexity index is 507. The first-order valence-electron chi connectivity index (χ1n) is 9.01. The van der Waals surface area contributed by atoms with E-state index in [-0.39, 0.29) is 48.3 Å². The van der Waals surface area contributed by atoms with Gasteiger partial charge < -0.3 is 20.7 Å². The van der Waals surface area contributed by atoms with Gasteiger partial charge in [0, 0.05) is 24.7 Å².